The summed E-state index contributed by atoms with van der Waals surface area (Å²) in [5.41, 5.74) is -0.814. The lowest BCUT2D eigenvalue weighted by molar-refractivity contribution is -0.136. The number of benzene rings is 1. The summed E-state index contributed by atoms with van der Waals surface area (Å²) in [6.45, 7) is -0.0921. The van der Waals surface area contributed by atoms with Gasteiger partial charge < -0.3 is 15.7 Å². The van der Waals surface area contributed by atoms with Crippen molar-refractivity contribution >= 4 is 51.9 Å². The van der Waals surface area contributed by atoms with Gasteiger partial charge >= 0.3 is 11.8 Å². The third-order valence-corrected chi connectivity index (χ3v) is 6.66. The van der Waals surface area contributed by atoms with Crippen LogP contribution in [0.5, 0.6) is 0 Å². The highest BCUT2D eigenvalue weighted by Crippen LogP contribution is 2.35. The zero-order valence-electron chi connectivity index (χ0n) is 14.5. The number of carbonyl (C=O) groups is 2. The van der Waals surface area contributed by atoms with Gasteiger partial charge in [-0.15, -0.1) is 34.4 Å². The number of aliphatic hydroxyl groups is 1. The van der Waals surface area contributed by atoms with Crippen LogP contribution in [0.3, 0.4) is 0 Å². The van der Waals surface area contributed by atoms with E-state index in [1.165, 1.54) is 22.7 Å². The zero-order valence-corrected chi connectivity index (χ0v) is 16.9. The van der Waals surface area contributed by atoms with Crippen LogP contribution in [-0.4, -0.2) is 29.7 Å². The molecule has 140 valence electrons. The van der Waals surface area contributed by atoms with E-state index >= 15 is 0 Å². The molecule has 2 amide bonds. The molecule has 0 saturated heterocycles. The molecule has 8 heteroatoms. The summed E-state index contributed by atoms with van der Waals surface area (Å²) in [6.07, 6.45) is 1.93. The Morgan fingerprint density at radius 1 is 1.04 bits per heavy atom. The van der Waals surface area contributed by atoms with Crippen LogP contribution < -0.4 is 10.6 Å². The fourth-order valence-electron chi connectivity index (χ4n) is 2.50. The second kappa shape index (κ2) is 8.71. The Hall–Kier alpha value is -2.13. The van der Waals surface area contributed by atoms with Crippen molar-refractivity contribution in [3.8, 4) is 0 Å². The first-order valence-corrected chi connectivity index (χ1v) is 11.0. The summed E-state index contributed by atoms with van der Waals surface area (Å²) in [7, 11) is 0. The van der Waals surface area contributed by atoms with Crippen molar-refractivity contribution in [2.45, 2.75) is 10.5 Å². The molecule has 0 atom stereocenters. The fraction of sp³-hybridized carbons (Fsp3) is 0.158. The van der Waals surface area contributed by atoms with Crippen LogP contribution in [0.4, 0.5) is 5.69 Å². The molecular formula is C19H18N2O3S3. The van der Waals surface area contributed by atoms with Gasteiger partial charge in [-0.2, -0.15) is 0 Å². The molecule has 3 rings (SSSR count). The minimum absolute atomic E-state index is 0.0921. The third kappa shape index (κ3) is 4.59. The van der Waals surface area contributed by atoms with Crippen LogP contribution >= 0.6 is 34.4 Å². The van der Waals surface area contributed by atoms with Gasteiger partial charge in [-0.1, -0.05) is 18.2 Å². The normalized spacial score (nSPS) is 11.2. The Balaban J connectivity index is 1.68. The lowest BCUT2D eigenvalue weighted by Crippen LogP contribution is -2.44. The van der Waals surface area contributed by atoms with Crippen LogP contribution in [0.25, 0.3) is 0 Å². The molecule has 0 spiro atoms. The molecule has 5 nitrogen and oxygen atoms in total. The first-order chi connectivity index (χ1) is 13.0. The molecule has 3 N–H and O–H groups in total. The van der Waals surface area contributed by atoms with Gasteiger partial charge in [0, 0.05) is 20.3 Å². The van der Waals surface area contributed by atoms with Gasteiger partial charge in [0.05, 0.1) is 6.54 Å². The molecule has 0 saturated carbocycles. The summed E-state index contributed by atoms with van der Waals surface area (Å²) in [4.78, 5) is 26.8. The minimum atomic E-state index is -1.36. The number of nitrogens with one attached hydrogen (secondary N) is 2. The van der Waals surface area contributed by atoms with E-state index in [0.29, 0.717) is 15.4 Å². The Morgan fingerprint density at radius 2 is 1.70 bits per heavy atom. The second-order valence-corrected chi connectivity index (χ2v) is 8.46. The third-order valence-electron chi connectivity index (χ3n) is 3.90. The maximum absolute atomic E-state index is 12.3. The van der Waals surface area contributed by atoms with Gasteiger partial charge in [-0.25, -0.2) is 0 Å². The monoisotopic (exact) mass is 418 g/mol. The van der Waals surface area contributed by atoms with Crippen molar-refractivity contribution in [3.63, 3.8) is 0 Å². The van der Waals surface area contributed by atoms with E-state index in [2.05, 4.69) is 10.6 Å². The lowest BCUT2D eigenvalue weighted by Gasteiger charge is -2.26. The summed E-state index contributed by atoms with van der Waals surface area (Å²) >= 11 is 4.34. The smallest absolute Gasteiger partial charge is 0.313 e. The van der Waals surface area contributed by atoms with Crippen LogP contribution in [0.2, 0.25) is 0 Å². The van der Waals surface area contributed by atoms with Crippen molar-refractivity contribution in [1.29, 1.82) is 0 Å². The number of thioether (sulfide) groups is 1. The minimum Gasteiger partial charge on any atom is -0.377 e. The Kier molecular flexibility index (Phi) is 6.33. The quantitative estimate of drug-likeness (QED) is 0.423. The molecule has 0 aliphatic heterocycles. The number of thiophene rings is 2. The predicted molar refractivity (Wildman–Crippen MR) is 111 cm³/mol. The second-order valence-electron chi connectivity index (χ2n) is 5.68. The molecule has 0 fully saturated rings. The lowest BCUT2D eigenvalue weighted by atomic mass is 10.00. The van der Waals surface area contributed by atoms with E-state index < -0.39 is 17.4 Å². The Morgan fingerprint density at radius 3 is 2.26 bits per heavy atom. The zero-order chi connectivity index (χ0) is 19.3. The van der Waals surface area contributed by atoms with Crippen molar-refractivity contribution in [2.24, 2.45) is 0 Å². The van der Waals surface area contributed by atoms with Gasteiger partial charge in [0.2, 0.25) is 0 Å². The van der Waals surface area contributed by atoms with Crippen LogP contribution in [0.15, 0.2) is 64.2 Å². The van der Waals surface area contributed by atoms with Gasteiger partial charge in [0.15, 0.2) is 0 Å². The average Bonchev–Trinajstić information content (AvgIpc) is 3.40. The highest BCUT2D eigenvalue weighted by atomic mass is 32.2. The fourth-order valence-corrected chi connectivity index (χ4v) is 4.70. The van der Waals surface area contributed by atoms with Gasteiger partial charge in [-0.05, 0) is 47.3 Å². The molecule has 2 heterocycles. The maximum Gasteiger partial charge on any atom is 0.313 e. The highest BCUT2D eigenvalue weighted by molar-refractivity contribution is 7.98. The van der Waals surface area contributed by atoms with E-state index in [0.717, 1.165) is 4.90 Å². The van der Waals surface area contributed by atoms with E-state index in [-0.39, 0.29) is 6.54 Å². The maximum atomic E-state index is 12.3. The first-order valence-electron chi connectivity index (χ1n) is 8.06. The SMILES string of the molecule is CSc1cccc(NC(=O)C(=O)NCC(O)(c2cccs2)c2cccs2)c1. The van der Waals surface area contributed by atoms with E-state index in [1.807, 2.05) is 53.4 Å². The molecule has 0 unspecified atom stereocenters. The molecule has 0 aliphatic rings. The number of hydrogen-bond donors (Lipinski definition) is 3. The number of amides is 2. The molecule has 0 bridgehead atoms. The summed E-state index contributed by atoms with van der Waals surface area (Å²) < 4.78 is 0. The van der Waals surface area contributed by atoms with E-state index in [4.69, 9.17) is 0 Å². The molecular weight excluding hydrogens is 400 g/mol. The number of rotatable bonds is 6. The predicted octanol–water partition coefficient (Wildman–Crippen LogP) is 3.52. The van der Waals surface area contributed by atoms with Crippen molar-refractivity contribution in [2.75, 3.05) is 18.1 Å². The summed E-state index contributed by atoms with van der Waals surface area (Å²) in [5, 5.41) is 20.1. The molecule has 0 radical (unpaired) electrons. The average molecular weight is 419 g/mol. The van der Waals surface area contributed by atoms with Gasteiger partial charge in [0.1, 0.15) is 5.60 Å². The number of hydrogen-bond acceptors (Lipinski definition) is 6. The van der Waals surface area contributed by atoms with Crippen molar-refractivity contribution in [3.05, 3.63) is 69.0 Å². The molecule has 1 aromatic carbocycles. The summed E-state index contributed by atoms with van der Waals surface area (Å²) in [5.74, 6) is -1.57. The van der Waals surface area contributed by atoms with Crippen molar-refractivity contribution in [1.82, 2.24) is 5.32 Å². The standard InChI is InChI=1S/C19H18N2O3S3/c1-25-14-6-2-5-13(11-14)21-18(23)17(22)20-12-19(24,15-7-3-9-26-15)16-8-4-10-27-16/h2-11,24H,12H2,1H3,(H,20,22)(H,21,23). The number of anilines is 1. The van der Waals surface area contributed by atoms with Gasteiger partial charge in [-0.3, -0.25) is 9.59 Å². The molecule has 0 aliphatic carbocycles. The number of carbonyl (C=O) groups excluding carboxylic acids is 2. The Labute approximate surface area is 169 Å². The highest BCUT2D eigenvalue weighted by Gasteiger charge is 2.34. The topological polar surface area (TPSA) is 78.4 Å². The van der Waals surface area contributed by atoms with Crippen molar-refractivity contribution < 1.29 is 14.7 Å². The van der Waals surface area contributed by atoms with Crippen LogP contribution in [0.1, 0.15) is 9.75 Å². The van der Waals surface area contributed by atoms with Crippen LogP contribution in [-0.2, 0) is 15.2 Å². The molecule has 2 aromatic heterocycles. The first kappa shape index (κ1) is 19.6. The summed E-state index contributed by atoms with van der Waals surface area (Å²) in [6, 6.07) is 14.5. The molecule has 27 heavy (non-hydrogen) atoms. The molecule has 3 aromatic rings. The van der Waals surface area contributed by atoms with Crippen LogP contribution in [0, 0.1) is 0 Å². The van der Waals surface area contributed by atoms with E-state index in [9.17, 15) is 14.7 Å². The Bertz CT molecular complexity index is 874. The van der Waals surface area contributed by atoms with Gasteiger partial charge in [0.25, 0.3) is 0 Å². The van der Waals surface area contributed by atoms with E-state index in [1.54, 1.807) is 23.9 Å². The largest absolute Gasteiger partial charge is 0.377 e.